The number of ketones is 3. The molecule has 3 saturated carbocycles. The highest BCUT2D eigenvalue weighted by Gasteiger charge is 2.75. The minimum atomic E-state index is -1.20. The summed E-state index contributed by atoms with van der Waals surface area (Å²) in [4.78, 5) is 37.7. The third-order valence-electron chi connectivity index (χ3n) is 10.2. The van der Waals surface area contributed by atoms with Gasteiger partial charge in [-0.3, -0.25) is 14.4 Å². The highest BCUT2D eigenvalue weighted by molar-refractivity contribution is 6.01. The fraction of sp³-hybridized carbons (Fsp3) is 0.759. The first kappa shape index (κ1) is 26.9. The normalized spacial score (nSPS) is 44.0. The molecule has 0 spiro atoms. The van der Waals surface area contributed by atoms with E-state index in [1.807, 2.05) is 6.08 Å². The Kier molecular flexibility index (Phi) is 7.12. The van der Waals surface area contributed by atoms with Gasteiger partial charge < -0.3 is 25.1 Å². The minimum absolute atomic E-state index is 0.0120. The number of nitrogens with two attached hydrogens (primary N) is 1. The minimum Gasteiger partial charge on any atom is -0.393 e. The summed E-state index contributed by atoms with van der Waals surface area (Å²) in [6.45, 7) is 6.22. The first-order chi connectivity index (χ1) is 17.6. The van der Waals surface area contributed by atoms with Crippen LogP contribution in [-0.4, -0.2) is 66.3 Å². The van der Waals surface area contributed by atoms with E-state index in [4.69, 9.17) is 19.9 Å². The topological polar surface area (TPSA) is 125 Å². The monoisotopic (exact) mass is 515 g/mol. The van der Waals surface area contributed by atoms with Crippen LogP contribution in [-0.2, 0) is 28.6 Å². The van der Waals surface area contributed by atoms with Crippen LogP contribution in [0.5, 0.6) is 0 Å². The van der Waals surface area contributed by atoms with Gasteiger partial charge in [0, 0.05) is 23.2 Å². The molecule has 8 nitrogen and oxygen atoms in total. The maximum absolute atomic E-state index is 14.0. The molecule has 1 heterocycles. The molecule has 9 atom stereocenters. The van der Waals surface area contributed by atoms with Gasteiger partial charge in [-0.1, -0.05) is 38.8 Å². The van der Waals surface area contributed by atoms with E-state index in [0.717, 1.165) is 24.8 Å². The number of hydrogen-bond acceptors (Lipinski definition) is 8. The largest absolute Gasteiger partial charge is 0.393 e. The Labute approximate surface area is 219 Å². The van der Waals surface area contributed by atoms with Crippen molar-refractivity contribution < 1.29 is 33.7 Å². The summed E-state index contributed by atoms with van der Waals surface area (Å²) in [5.74, 6) is -0.00919. The number of aliphatic hydroxyl groups excluding tert-OH is 1. The summed E-state index contributed by atoms with van der Waals surface area (Å²) in [6.07, 6.45) is 8.36. The molecule has 1 saturated heterocycles. The zero-order chi connectivity index (χ0) is 26.6. The summed E-state index contributed by atoms with van der Waals surface area (Å²) in [7, 11) is 0. The predicted molar refractivity (Wildman–Crippen MR) is 135 cm³/mol. The van der Waals surface area contributed by atoms with Crippen LogP contribution in [0.25, 0.3) is 0 Å². The number of carbonyl (C=O) groups excluding carboxylic acids is 3. The first-order valence-corrected chi connectivity index (χ1v) is 13.9. The first-order valence-electron chi connectivity index (χ1n) is 13.9. The number of rotatable bonds is 9. The van der Waals surface area contributed by atoms with Crippen molar-refractivity contribution in [1.82, 2.24) is 0 Å². The van der Waals surface area contributed by atoms with Crippen LogP contribution in [0.1, 0.15) is 65.7 Å². The molecule has 4 fully saturated rings. The standard InChI is InChI=1S/C29H41NO7/c1-4-5-25-36-24-13-21-20-7-6-17-12-18(31)8-10-27(17,2)26(20)22(33)14-28(21,3)29(24,37-25)23(34)16-35-11-9-19(32)15-30/h8,10,12,20-22,24-26,33H,4-7,9,11,13-16,30H2,1-3H3/t20-,21-,22-,24+,25?,26+,27-,28-,29+/m0/s1. The molecule has 37 heavy (non-hydrogen) atoms. The summed E-state index contributed by atoms with van der Waals surface area (Å²) in [5.41, 5.74) is 4.28. The van der Waals surface area contributed by atoms with Crippen molar-refractivity contribution in [2.24, 2.45) is 34.3 Å². The summed E-state index contributed by atoms with van der Waals surface area (Å²) < 4.78 is 18.7. The molecule has 5 aliphatic rings. The lowest BCUT2D eigenvalue weighted by molar-refractivity contribution is -0.201. The summed E-state index contributed by atoms with van der Waals surface area (Å²) >= 11 is 0. The van der Waals surface area contributed by atoms with Crippen molar-refractivity contribution in [1.29, 1.82) is 0 Å². The Morgan fingerprint density at radius 3 is 2.81 bits per heavy atom. The molecule has 0 bridgehead atoms. The number of hydrogen-bond donors (Lipinski definition) is 2. The van der Waals surface area contributed by atoms with Crippen molar-refractivity contribution in [2.45, 2.75) is 89.8 Å². The molecule has 4 aliphatic carbocycles. The van der Waals surface area contributed by atoms with Crippen molar-refractivity contribution in [3.63, 3.8) is 0 Å². The maximum atomic E-state index is 14.0. The average molecular weight is 516 g/mol. The van der Waals surface area contributed by atoms with Crippen LogP contribution in [0.4, 0.5) is 0 Å². The van der Waals surface area contributed by atoms with Gasteiger partial charge in [0.2, 0.25) is 0 Å². The quantitative estimate of drug-likeness (QED) is 0.449. The molecular weight excluding hydrogens is 474 g/mol. The maximum Gasteiger partial charge on any atom is 0.193 e. The molecule has 8 heteroatoms. The number of fused-ring (bicyclic) bond motifs is 7. The highest BCUT2D eigenvalue weighted by Crippen LogP contribution is 2.69. The molecule has 0 amide bonds. The lowest BCUT2D eigenvalue weighted by atomic mass is 9.46. The molecule has 1 unspecified atom stereocenters. The van der Waals surface area contributed by atoms with Crippen molar-refractivity contribution >= 4 is 17.3 Å². The average Bonchev–Trinajstić information content (AvgIpc) is 3.34. The van der Waals surface area contributed by atoms with Gasteiger partial charge in [-0.25, -0.2) is 0 Å². The van der Waals surface area contributed by atoms with Crippen LogP contribution < -0.4 is 5.73 Å². The molecule has 3 N–H and O–H groups in total. The summed E-state index contributed by atoms with van der Waals surface area (Å²) in [5, 5.41) is 11.7. The van der Waals surface area contributed by atoms with E-state index >= 15 is 0 Å². The van der Waals surface area contributed by atoms with E-state index in [1.165, 1.54) is 0 Å². The SMILES string of the molecule is CCCC1O[C@@H]2C[C@H]3[C@@H]4CCC5=CC(=O)C=C[C@]5(C)[C@H]4[C@@H](O)C[C@]3(C)[C@]2(C(=O)COCCC(=O)CN)O1. The van der Waals surface area contributed by atoms with Gasteiger partial charge >= 0.3 is 0 Å². The molecule has 1 aliphatic heterocycles. The number of carbonyl (C=O) groups is 3. The van der Waals surface area contributed by atoms with Crippen molar-refractivity contribution in [3.8, 4) is 0 Å². The van der Waals surface area contributed by atoms with Gasteiger partial charge in [-0.2, -0.15) is 0 Å². The van der Waals surface area contributed by atoms with Crippen LogP contribution >= 0.6 is 0 Å². The Balaban J connectivity index is 1.45. The Morgan fingerprint density at radius 1 is 1.30 bits per heavy atom. The van der Waals surface area contributed by atoms with E-state index in [1.54, 1.807) is 12.2 Å². The van der Waals surface area contributed by atoms with Gasteiger partial charge in [0.15, 0.2) is 23.5 Å². The Bertz CT molecular complexity index is 1020. The van der Waals surface area contributed by atoms with Crippen LogP contribution in [0.2, 0.25) is 0 Å². The Morgan fingerprint density at radius 2 is 2.08 bits per heavy atom. The van der Waals surface area contributed by atoms with E-state index < -0.39 is 29.5 Å². The zero-order valence-corrected chi connectivity index (χ0v) is 22.2. The number of Topliss-reactive ketones (excluding diaryl/α,β-unsaturated/α-hetero) is 2. The second-order valence-electron chi connectivity index (χ2n) is 12.1. The second kappa shape index (κ2) is 9.79. The molecule has 0 aromatic heterocycles. The Hall–Kier alpha value is -1.71. The molecule has 0 radical (unpaired) electrons. The number of aliphatic hydroxyl groups is 1. The van der Waals surface area contributed by atoms with Gasteiger partial charge in [0.05, 0.1) is 25.4 Å². The smallest absolute Gasteiger partial charge is 0.193 e. The molecule has 204 valence electrons. The lowest BCUT2D eigenvalue weighted by Crippen LogP contribution is -2.63. The molecule has 5 rings (SSSR count). The van der Waals surface area contributed by atoms with Crippen LogP contribution in [0, 0.1) is 28.6 Å². The van der Waals surface area contributed by atoms with Gasteiger partial charge in [-0.05, 0) is 56.1 Å². The van der Waals surface area contributed by atoms with Crippen molar-refractivity contribution in [3.05, 3.63) is 23.8 Å². The van der Waals surface area contributed by atoms with Crippen LogP contribution in [0.3, 0.4) is 0 Å². The fourth-order valence-corrected chi connectivity index (χ4v) is 8.57. The lowest BCUT2D eigenvalue weighted by Gasteiger charge is -2.59. The highest BCUT2D eigenvalue weighted by atomic mass is 16.7. The van der Waals surface area contributed by atoms with Gasteiger partial charge in [0.25, 0.3) is 0 Å². The van der Waals surface area contributed by atoms with Crippen LogP contribution in [0.15, 0.2) is 23.8 Å². The van der Waals surface area contributed by atoms with Gasteiger partial charge in [0.1, 0.15) is 12.4 Å². The third-order valence-corrected chi connectivity index (χ3v) is 10.2. The molecule has 0 aromatic carbocycles. The van der Waals surface area contributed by atoms with E-state index in [9.17, 15) is 19.5 Å². The predicted octanol–water partition coefficient (Wildman–Crippen LogP) is 2.66. The van der Waals surface area contributed by atoms with E-state index in [-0.39, 0.29) is 66.7 Å². The van der Waals surface area contributed by atoms with Gasteiger partial charge in [-0.15, -0.1) is 0 Å². The van der Waals surface area contributed by atoms with E-state index in [0.29, 0.717) is 19.3 Å². The number of allylic oxidation sites excluding steroid dienone is 4. The van der Waals surface area contributed by atoms with E-state index in [2.05, 4.69) is 20.8 Å². The molecular formula is C29H41NO7. The second-order valence-corrected chi connectivity index (χ2v) is 12.1. The fourth-order valence-electron chi connectivity index (χ4n) is 8.57. The zero-order valence-electron chi connectivity index (χ0n) is 22.2. The third kappa shape index (κ3) is 4.02. The summed E-state index contributed by atoms with van der Waals surface area (Å²) in [6, 6.07) is 0. The number of ether oxygens (including phenoxy) is 3. The van der Waals surface area contributed by atoms with Crippen molar-refractivity contribution in [2.75, 3.05) is 19.8 Å². The molecule has 0 aromatic rings.